The molecular weight excluding hydrogens is 336 g/mol. The van der Waals surface area contributed by atoms with Gasteiger partial charge in [0.15, 0.2) is 0 Å². The molecule has 0 heterocycles. The second-order valence-electron chi connectivity index (χ2n) is 4.18. The molecule has 16 heavy (non-hydrogen) atoms. The molecule has 0 radical (unpaired) electrons. The number of hydrogen-bond donors (Lipinski definition) is 1. The van der Waals surface area contributed by atoms with E-state index in [-0.39, 0.29) is 5.82 Å². The van der Waals surface area contributed by atoms with Gasteiger partial charge >= 0.3 is 0 Å². The zero-order valence-electron chi connectivity index (χ0n) is 9.01. The molecule has 1 saturated carbocycles. The predicted molar refractivity (Wildman–Crippen MR) is 76.3 cm³/mol. The summed E-state index contributed by atoms with van der Waals surface area (Å²) in [4.78, 5) is 0.907. The Hall–Kier alpha value is 0.0300. The van der Waals surface area contributed by atoms with Gasteiger partial charge in [-0.05, 0) is 47.6 Å². The van der Waals surface area contributed by atoms with E-state index < -0.39 is 0 Å². The van der Waals surface area contributed by atoms with E-state index in [4.69, 9.17) is 5.73 Å². The molecule has 0 amide bonds. The van der Waals surface area contributed by atoms with Crippen LogP contribution in [0.5, 0.6) is 0 Å². The molecule has 1 nitrogen and oxygen atoms in total. The molecule has 1 aliphatic carbocycles. The zero-order chi connectivity index (χ0) is 11.5. The minimum absolute atomic E-state index is 0.159. The van der Waals surface area contributed by atoms with Gasteiger partial charge in [0.1, 0.15) is 5.82 Å². The normalized spacial score (nSPS) is 17.6. The fourth-order valence-electron chi connectivity index (χ4n) is 2.01. The highest BCUT2D eigenvalue weighted by molar-refractivity contribution is 14.1. The third kappa shape index (κ3) is 3.03. The number of halogens is 2. The lowest BCUT2D eigenvalue weighted by Gasteiger charge is -2.21. The maximum Gasteiger partial charge on any atom is 0.137 e. The largest absolute Gasteiger partial charge is 0.398 e. The van der Waals surface area contributed by atoms with Crippen molar-refractivity contribution in [1.29, 1.82) is 0 Å². The van der Waals surface area contributed by atoms with Gasteiger partial charge in [-0.1, -0.05) is 19.3 Å². The number of hydrogen-bond acceptors (Lipinski definition) is 2. The highest BCUT2D eigenvalue weighted by Gasteiger charge is 2.16. The van der Waals surface area contributed by atoms with Gasteiger partial charge < -0.3 is 5.73 Å². The summed E-state index contributed by atoms with van der Waals surface area (Å²) in [5.41, 5.74) is 6.62. The highest BCUT2D eigenvalue weighted by atomic mass is 127. The van der Waals surface area contributed by atoms with Gasteiger partial charge in [-0.15, -0.1) is 11.8 Å². The van der Waals surface area contributed by atoms with Crippen LogP contribution in [-0.4, -0.2) is 5.25 Å². The molecule has 2 N–H and O–H groups in total. The van der Waals surface area contributed by atoms with Gasteiger partial charge in [0.25, 0.3) is 0 Å². The Balaban J connectivity index is 2.11. The van der Waals surface area contributed by atoms with Crippen LogP contribution in [0.3, 0.4) is 0 Å². The average Bonchev–Trinajstić information content (AvgIpc) is 2.27. The molecule has 1 aromatic rings. The summed E-state index contributed by atoms with van der Waals surface area (Å²) in [6, 6.07) is 3.30. The molecule has 0 atom stereocenters. The van der Waals surface area contributed by atoms with Gasteiger partial charge in [0.2, 0.25) is 0 Å². The van der Waals surface area contributed by atoms with Crippen molar-refractivity contribution in [2.75, 3.05) is 5.73 Å². The molecule has 0 spiro atoms. The Bertz CT molecular complexity index is 378. The second kappa shape index (κ2) is 5.58. The lowest BCUT2D eigenvalue weighted by atomic mass is 10.0. The Morgan fingerprint density at radius 2 is 1.94 bits per heavy atom. The lowest BCUT2D eigenvalue weighted by molar-refractivity contribution is 0.516. The van der Waals surface area contributed by atoms with Crippen molar-refractivity contribution < 1.29 is 4.39 Å². The Morgan fingerprint density at radius 3 is 2.62 bits per heavy atom. The topological polar surface area (TPSA) is 26.0 Å². The fourth-order valence-corrected chi connectivity index (χ4v) is 3.79. The number of benzene rings is 1. The number of thioether (sulfide) groups is 1. The molecule has 0 aliphatic heterocycles. The summed E-state index contributed by atoms with van der Waals surface area (Å²) in [6.45, 7) is 0. The minimum Gasteiger partial charge on any atom is -0.398 e. The summed E-state index contributed by atoms with van der Waals surface area (Å²) >= 11 is 3.72. The second-order valence-corrected chi connectivity index (χ2v) is 6.69. The van der Waals surface area contributed by atoms with Crippen LogP contribution in [0.25, 0.3) is 0 Å². The molecule has 0 saturated heterocycles. The number of nitrogen functional groups attached to an aromatic ring is 1. The first kappa shape index (κ1) is 12.5. The van der Waals surface area contributed by atoms with Crippen molar-refractivity contribution in [3.05, 3.63) is 21.5 Å². The van der Waals surface area contributed by atoms with E-state index in [0.29, 0.717) is 14.5 Å². The average molecular weight is 351 g/mol. The van der Waals surface area contributed by atoms with Crippen LogP contribution in [-0.2, 0) is 0 Å². The molecule has 4 heteroatoms. The molecule has 1 aromatic carbocycles. The van der Waals surface area contributed by atoms with Crippen molar-refractivity contribution in [3.8, 4) is 0 Å². The van der Waals surface area contributed by atoms with Gasteiger partial charge in [0.05, 0.1) is 3.57 Å². The van der Waals surface area contributed by atoms with E-state index >= 15 is 0 Å². The molecule has 0 bridgehead atoms. The van der Waals surface area contributed by atoms with E-state index in [9.17, 15) is 4.39 Å². The maximum atomic E-state index is 13.4. The number of nitrogens with two attached hydrogens (primary N) is 1. The van der Waals surface area contributed by atoms with Crippen molar-refractivity contribution in [2.24, 2.45) is 0 Å². The summed E-state index contributed by atoms with van der Waals surface area (Å²) in [5.74, 6) is -0.159. The number of rotatable bonds is 2. The van der Waals surface area contributed by atoms with Crippen molar-refractivity contribution >= 4 is 40.0 Å². The van der Waals surface area contributed by atoms with Crippen molar-refractivity contribution in [3.63, 3.8) is 0 Å². The summed E-state index contributed by atoms with van der Waals surface area (Å²) < 4.78 is 14.0. The minimum atomic E-state index is -0.159. The lowest BCUT2D eigenvalue weighted by Crippen LogP contribution is -2.08. The van der Waals surface area contributed by atoms with Crippen LogP contribution in [0.1, 0.15) is 32.1 Å². The third-order valence-electron chi connectivity index (χ3n) is 2.90. The van der Waals surface area contributed by atoms with E-state index in [2.05, 4.69) is 0 Å². The van der Waals surface area contributed by atoms with Crippen LogP contribution in [0.2, 0.25) is 0 Å². The first-order valence-electron chi connectivity index (χ1n) is 5.58. The standard InChI is InChI=1S/C12H15FINS/c13-9-6-12(11(15)7-10(9)14)16-8-4-2-1-3-5-8/h6-8H,1-5,15H2. The van der Waals surface area contributed by atoms with Gasteiger partial charge in [-0.3, -0.25) is 0 Å². The van der Waals surface area contributed by atoms with E-state index in [1.165, 1.54) is 32.1 Å². The summed E-state index contributed by atoms with van der Waals surface area (Å²) in [5, 5.41) is 0.621. The van der Waals surface area contributed by atoms with E-state index in [1.807, 2.05) is 22.6 Å². The Kier molecular flexibility index (Phi) is 4.35. The van der Waals surface area contributed by atoms with Crippen molar-refractivity contribution in [1.82, 2.24) is 0 Å². The van der Waals surface area contributed by atoms with E-state index in [1.54, 1.807) is 23.9 Å². The smallest absolute Gasteiger partial charge is 0.137 e. The first-order chi connectivity index (χ1) is 7.66. The molecule has 0 unspecified atom stereocenters. The Morgan fingerprint density at radius 1 is 1.25 bits per heavy atom. The fraction of sp³-hybridized carbons (Fsp3) is 0.500. The molecule has 0 aromatic heterocycles. The quantitative estimate of drug-likeness (QED) is 0.630. The van der Waals surface area contributed by atoms with Crippen LogP contribution in [0.15, 0.2) is 17.0 Å². The first-order valence-corrected chi connectivity index (χ1v) is 7.54. The van der Waals surface area contributed by atoms with Gasteiger partial charge in [-0.25, -0.2) is 4.39 Å². The molecular formula is C12H15FINS. The zero-order valence-corrected chi connectivity index (χ0v) is 12.0. The van der Waals surface area contributed by atoms with Crippen LogP contribution < -0.4 is 5.73 Å². The predicted octanol–water partition coefficient (Wildman–Crippen LogP) is 4.44. The van der Waals surface area contributed by atoms with E-state index in [0.717, 1.165) is 4.90 Å². The number of anilines is 1. The SMILES string of the molecule is Nc1cc(I)c(F)cc1SC1CCCCC1. The van der Waals surface area contributed by atoms with Crippen LogP contribution >= 0.6 is 34.4 Å². The Labute approximate surface area is 114 Å². The van der Waals surface area contributed by atoms with Gasteiger partial charge in [-0.2, -0.15) is 0 Å². The maximum absolute atomic E-state index is 13.4. The molecule has 1 fully saturated rings. The molecule has 2 rings (SSSR count). The third-order valence-corrected chi connectivity index (χ3v) is 5.14. The van der Waals surface area contributed by atoms with Crippen molar-refractivity contribution in [2.45, 2.75) is 42.2 Å². The monoisotopic (exact) mass is 351 g/mol. The summed E-state index contributed by atoms with van der Waals surface area (Å²) in [6.07, 6.45) is 6.40. The van der Waals surface area contributed by atoms with Gasteiger partial charge in [0, 0.05) is 15.8 Å². The molecule has 1 aliphatic rings. The van der Waals surface area contributed by atoms with Crippen LogP contribution in [0, 0.1) is 9.39 Å². The highest BCUT2D eigenvalue weighted by Crippen LogP contribution is 2.37. The molecule has 88 valence electrons. The van der Waals surface area contributed by atoms with Crippen LogP contribution in [0.4, 0.5) is 10.1 Å². The summed E-state index contributed by atoms with van der Waals surface area (Å²) in [7, 11) is 0.